The molecule has 0 radical (unpaired) electrons. The highest BCUT2D eigenvalue weighted by Gasteiger charge is 2.39. The molecule has 94 valence electrons. The lowest BCUT2D eigenvalue weighted by atomic mass is 9.84. The van der Waals surface area contributed by atoms with Crippen molar-refractivity contribution in [3.8, 4) is 11.4 Å². The second-order valence-electron chi connectivity index (χ2n) is 5.00. The van der Waals surface area contributed by atoms with Crippen LogP contribution in [-0.4, -0.2) is 23.2 Å². The van der Waals surface area contributed by atoms with Gasteiger partial charge in [0.1, 0.15) is 0 Å². The summed E-state index contributed by atoms with van der Waals surface area (Å²) >= 11 is 6.10. The van der Waals surface area contributed by atoms with Gasteiger partial charge in [-0.15, -0.1) is 0 Å². The minimum Gasteiger partial charge on any atom is -0.338 e. The lowest BCUT2D eigenvalue weighted by Crippen LogP contribution is -2.54. The minimum absolute atomic E-state index is 0.0300. The van der Waals surface area contributed by atoms with E-state index in [9.17, 15) is 0 Å². The van der Waals surface area contributed by atoms with Gasteiger partial charge in [0.2, 0.25) is 11.7 Å². The van der Waals surface area contributed by atoms with Gasteiger partial charge in [-0.1, -0.05) is 28.9 Å². The maximum Gasteiger partial charge on any atom is 0.235 e. The number of halogens is 1. The highest BCUT2D eigenvalue weighted by molar-refractivity contribution is 6.31. The summed E-state index contributed by atoms with van der Waals surface area (Å²) in [5, 5.41) is 8.00. The zero-order chi connectivity index (χ0) is 12.8. The molecule has 3 rings (SSSR count). The highest BCUT2D eigenvalue weighted by Crippen LogP contribution is 2.30. The predicted molar refractivity (Wildman–Crippen MR) is 69.7 cm³/mol. The molecule has 0 aliphatic carbocycles. The summed E-state index contributed by atoms with van der Waals surface area (Å²) in [6.45, 7) is 5.83. The van der Waals surface area contributed by atoms with Crippen LogP contribution in [0.15, 0.2) is 22.7 Å². The first-order valence-corrected chi connectivity index (χ1v) is 6.28. The van der Waals surface area contributed by atoms with Crippen molar-refractivity contribution < 1.29 is 4.52 Å². The van der Waals surface area contributed by atoms with Crippen molar-refractivity contribution in [1.29, 1.82) is 0 Å². The second kappa shape index (κ2) is 4.07. The van der Waals surface area contributed by atoms with Gasteiger partial charge in [-0.2, -0.15) is 4.98 Å². The fraction of sp³-hybridized carbons (Fsp3) is 0.385. The van der Waals surface area contributed by atoms with Crippen molar-refractivity contribution in [2.75, 3.05) is 13.1 Å². The summed E-state index contributed by atoms with van der Waals surface area (Å²) in [4.78, 5) is 4.50. The van der Waals surface area contributed by atoms with E-state index in [0.717, 1.165) is 29.2 Å². The Bertz CT molecular complexity index is 590. The van der Waals surface area contributed by atoms with Crippen LogP contribution < -0.4 is 5.32 Å². The molecule has 4 nitrogen and oxygen atoms in total. The summed E-state index contributed by atoms with van der Waals surface area (Å²) in [5.41, 5.74) is 1.87. The molecule has 0 bridgehead atoms. The molecule has 1 aromatic carbocycles. The van der Waals surface area contributed by atoms with Crippen LogP contribution in [0.4, 0.5) is 0 Å². The van der Waals surface area contributed by atoms with E-state index in [-0.39, 0.29) is 5.41 Å². The molecular weight excluding hydrogens is 250 g/mol. The van der Waals surface area contributed by atoms with Crippen LogP contribution in [0.5, 0.6) is 0 Å². The Labute approximate surface area is 110 Å². The molecule has 1 aliphatic heterocycles. The fourth-order valence-corrected chi connectivity index (χ4v) is 2.25. The number of rotatable bonds is 2. The third-order valence-corrected chi connectivity index (χ3v) is 3.89. The first-order valence-electron chi connectivity index (χ1n) is 5.90. The Kier molecular flexibility index (Phi) is 2.64. The topological polar surface area (TPSA) is 51.0 Å². The number of hydrogen-bond acceptors (Lipinski definition) is 4. The molecule has 0 atom stereocenters. The molecule has 1 aromatic heterocycles. The smallest absolute Gasteiger partial charge is 0.235 e. The molecule has 1 fully saturated rings. The average molecular weight is 264 g/mol. The minimum atomic E-state index is -0.0300. The maximum absolute atomic E-state index is 6.10. The SMILES string of the molecule is Cc1c(Cl)cccc1-c1noc(C2(C)CNC2)n1. The van der Waals surface area contributed by atoms with Crippen molar-refractivity contribution in [3.05, 3.63) is 34.7 Å². The largest absolute Gasteiger partial charge is 0.338 e. The summed E-state index contributed by atoms with van der Waals surface area (Å²) in [6, 6.07) is 5.71. The Balaban J connectivity index is 2.00. The van der Waals surface area contributed by atoms with E-state index in [2.05, 4.69) is 22.4 Å². The molecular formula is C13H14ClN3O. The van der Waals surface area contributed by atoms with Gasteiger partial charge in [-0.25, -0.2) is 0 Å². The Morgan fingerprint density at radius 2 is 2.17 bits per heavy atom. The molecule has 2 heterocycles. The molecule has 0 amide bonds. The maximum atomic E-state index is 6.10. The van der Waals surface area contributed by atoms with Crippen LogP contribution in [0.25, 0.3) is 11.4 Å². The Morgan fingerprint density at radius 1 is 1.39 bits per heavy atom. The predicted octanol–water partition coefficient (Wildman–Crippen LogP) is 2.56. The number of hydrogen-bond donors (Lipinski definition) is 1. The van der Waals surface area contributed by atoms with E-state index in [0.29, 0.717) is 11.7 Å². The molecule has 1 N–H and O–H groups in total. The molecule has 2 aromatic rings. The molecule has 0 unspecified atom stereocenters. The quantitative estimate of drug-likeness (QED) is 0.905. The van der Waals surface area contributed by atoms with Gasteiger partial charge in [0.25, 0.3) is 0 Å². The highest BCUT2D eigenvalue weighted by atomic mass is 35.5. The van der Waals surface area contributed by atoms with Crippen molar-refractivity contribution >= 4 is 11.6 Å². The number of nitrogens with one attached hydrogen (secondary N) is 1. The molecule has 0 saturated carbocycles. The zero-order valence-electron chi connectivity index (χ0n) is 10.3. The van der Waals surface area contributed by atoms with Crippen LogP contribution in [0.2, 0.25) is 5.02 Å². The number of benzene rings is 1. The van der Waals surface area contributed by atoms with Gasteiger partial charge in [0, 0.05) is 23.7 Å². The van der Waals surface area contributed by atoms with Gasteiger partial charge < -0.3 is 9.84 Å². The summed E-state index contributed by atoms with van der Waals surface area (Å²) in [5.74, 6) is 1.30. The Hall–Kier alpha value is -1.39. The van der Waals surface area contributed by atoms with Gasteiger partial charge in [0.15, 0.2) is 0 Å². The van der Waals surface area contributed by atoms with Crippen molar-refractivity contribution in [2.24, 2.45) is 0 Å². The van der Waals surface area contributed by atoms with Crippen LogP contribution in [-0.2, 0) is 5.41 Å². The monoisotopic (exact) mass is 263 g/mol. The van der Waals surface area contributed by atoms with E-state index in [1.807, 2.05) is 25.1 Å². The van der Waals surface area contributed by atoms with Gasteiger partial charge in [-0.3, -0.25) is 0 Å². The summed E-state index contributed by atoms with van der Waals surface area (Å²) < 4.78 is 5.38. The first kappa shape index (κ1) is 11.7. The fourth-order valence-electron chi connectivity index (χ4n) is 2.08. The Morgan fingerprint density at radius 3 is 2.83 bits per heavy atom. The number of aromatic nitrogens is 2. The van der Waals surface area contributed by atoms with Crippen molar-refractivity contribution in [3.63, 3.8) is 0 Å². The zero-order valence-corrected chi connectivity index (χ0v) is 11.1. The van der Waals surface area contributed by atoms with Crippen LogP contribution in [0.3, 0.4) is 0 Å². The van der Waals surface area contributed by atoms with E-state index >= 15 is 0 Å². The molecule has 1 saturated heterocycles. The van der Waals surface area contributed by atoms with E-state index in [1.54, 1.807) is 0 Å². The van der Waals surface area contributed by atoms with Crippen LogP contribution in [0, 0.1) is 6.92 Å². The summed E-state index contributed by atoms with van der Waals surface area (Å²) in [6.07, 6.45) is 0. The van der Waals surface area contributed by atoms with E-state index in [1.165, 1.54) is 0 Å². The van der Waals surface area contributed by atoms with Gasteiger partial charge >= 0.3 is 0 Å². The number of nitrogens with zero attached hydrogens (tertiary/aromatic N) is 2. The van der Waals surface area contributed by atoms with Gasteiger partial charge in [-0.05, 0) is 25.5 Å². The first-order chi connectivity index (χ1) is 8.60. The molecule has 5 heteroatoms. The molecule has 18 heavy (non-hydrogen) atoms. The summed E-state index contributed by atoms with van der Waals surface area (Å²) in [7, 11) is 0. The lowest BCUT2D eigenvalue weighted by molar-refractivity contribution is 0.219. The normalized spacial score (nSPS) is 17.5. The van der Waals surface area contributed by atoms with E-state index < -0.39 is 0 Å². The van der Waals surface area contributed by atoms with Gasteiger partial charge in [0.05, 0.1) is 5.41 Å². The molecule has 0 spiro atoms. The lowest BCUT2D eigenvalue weighted by Gasteiger charge is -2.35. The average Bonchev–Trinajstić information content (AvgIpc) is 2.79. The standard InChI is InChI=1S/C13H14ClN3O/c1-8-9(4-3-5-10(8)14)11-16-12(18-17-11)13(2)6-15-7-13/h3-5,15H,6-7H2,1-2H3. The second-order valence-corrected chi connectivity index (χ2v) is 5.41. The molecule has 1 aliphatic rings. The third kappa shape index (κ3) is 1.72. The third-order valence-electron chi connectivity index (χ3n) is 3.48. The van der Waals surface area contributed by atoms with Crippen LogP contribution >= 0.6 is 11.6 Å². The van der Waals surface area contributed by atoms with Crippen molar-refractivity contribution in [2.45, 2.75) is 19.3 Å². The van der Waals surface area contributed by atoms with Crippen LogP contribution in [0.1, 0.15) is 18.4 Å². The van der Waals surface area contributed by atoms with Crippen molar-refractivity contribution in [1.82, 2.24) is 15.5 Å². The van der Waals surface area contributed by atoms with E-state index in [4.69, 9.17) is 16.1 Å².